The van der Waals surface area contributed by atoms with Crippen LogP contribution >= 0.6 is 22.9 Å². The average molecular weight is 448 g/mol. The Bertz CT molecular complexity index is 1150. The second kappa shape index (κ2) is 8.69. The fraction of sp³-hybridized carbons (Fsp3) is 0.200. The van der Waals surface area contributed by atoms with Crippen LogP contribution < -0.4 is 4.90 Å². The first kappa shape index (κ1) is 20.0. The van der Waals surface area contributed by atoms with Crippen molar-refractivity contribution in [3.8, 4) is 0 Å². The van der Waals surface area contributed by atoms with Crippen LogP contribution in [0.5, 0.6) is 0 Å². The Hall–Kier alpha value is -2.89. The Morgan fingerprint density at radius 3 is 2.03 bits per heavy atom. The van der Waals surface area contributed by atoms with Crippen LogP contribution in [0.3, 0.4) is 0 Å². The Kier molecular flexibility index (Phi) is 5.62. The number of piperazine rings is 1. The molecule has 1 fully saturated rings. The van der Waals surface area contributed by atoms with Gasteiger partial charge < -0.3 is 9.80 Å². The van der Waals surface area contributed by atoms with Crippen LogP contribution in [0, 0.1) is 0 Å². The topological polar surface area (TPSA) is 36.4 Å². The van der Waals surface area contributed by atoms with E-state index in [-0.39, 0.29) is 11.8 Å². The molecule has 5 rings (SSSR count). The SMILES string of the molecule is O=C(C(c1ccccc1)c1ccccc1)N1CCN(c2nc3c(Cl)cccc3s2)CC1. The largest absolute Gasteiger partial charge is 0.345 e. The van der Waals surface area contributed by atoms with Crippen molar-refractivity contribution < 1.29 is 4.79 Å². The molecule has 0 N–H and O–H groups in total. The zero-order valence-corrected chi connectivity index (χ0v) is 18.5. The van der Waals surface area contributed by atoms with Crippen LogP contribution in [0.15, 0.2) is 78.9 Å². The lowest BCUT2D eigenvalue weighted by Gasteiger charge is -2.36. The van der Waals surface area contributed by atoms with Crippen LogP contribution in [0.25, 0.3) is 10.2 Å². The number of hydrogen-bond acceptors (Lipinski definition) is 4. The van der Waals surface area contributed by atoms with E-state index in [1.165, 1.54) is 0 Å². The van der Waals surface area contributed by atoms with Gasteiger partial charge in [-0.2, -0.15) is 0 Å². The first-order valence-corrected chi connectivity index (χ1v) is 11.6. The van der Waals surface area contributed by atoms with E-state index in [1.54, 1.807) is 11.3 Å². The molecule has 0 spiro atoms. The lowest BCUT2D eigenvalue weighted by molar-refractivity contribution is -0.132. The Morgan fingerprint density at radius 2 is 1.45 bits per heavy atom. The highest BCUT2D eigenvalue weighted by Gasteiger charge is 2.30. The van der Waals surface area contributed by atoms with Crippen molar-refractivity contribution in [2.45, 2.75) is 5.92 Å². The van der Waals surface area contributed by atoms with E-state index in [2.05, 4.69) is 4.90 Å². The average Bonchev–Trinajstić information content (AvgIpc) is 3.27. The molecule has 0 radical (unpaired) electrons. The highest BCUT2D eigenvalue weighted by atomic mass is 35.5. The van der Waals surface area contributed by atoms with E-state index in [0.29, 0.717) is 18.1 Å². The van der Waals surface area contributed by atoms with Gasteiger partial charge in [0, 0.05) is 26.2 Å². The van der Waals surface area contributed by atoms with Gasteiger partial charge in [-0.15, -0.1) is 0 Å². The minimum Gasteiger partial charge on any atom is -0.345 e. The summed E-state index contributed by atoms with van der Waals surface area (Å²) in [5.41, 5.74) is 2.92. The van der Waals surface area contributed by atoms with Gasteiger partial charge in [-0.05, 0) is 23.3 Å². The molecule has 1 saturated heterocycles. The second-order valence-electron chi connectivity index (χ2n) is 7.65. The molecule has 1 amide bonds. The van der Waals surface area contributed by atoms with E-state index in [1.807, 2.05) is 83.8 Å². The third-order valence-corrected chi connectivity index (χ3v) is 7.12. The molecule has 0 unspecified atom stereocenters. The number of hydrogen-bond donors (Lipinski definition) is 0. The number of carbonyl (C=O) groups is 1. The van der Waals surface area contributed by atoms with Crippen LogP contribution in [0.1, 0.15) is 17.0 Å². The molecule has 1 aromatic heterocycles. The highest BCUT2D eigenvalue weighted by Crippen LogP contribution is 2.33. The minimum atomic E-state index is -0.282. The van der Waals surface area contributed by atoms with Crippen molar-refractivity contribution in [2.24, 2.45) is 0 Å². The van der Waals surface area contributed by atoms with Crippen LogP contribution in [-0.2, 0) is 4.79 Å². The van der Waals surface area contributed by atoms with Crippen molar-refractivity contribution in [3.05, 3.63) is 95.0 Å². The smallest absolute Gasteiger partial charge is 0.234 e. The number of carbonyl (C=O) groups excluding carboxylic acids is 1. The third-order valence-electron chi connectivity index (χ3n) is 5.73. The first-order chi connectivity index (χ1) is 15.2. The number of anilines is 1. The predicted molar refractivity (Wildman–Crippen MR) is 128 cm³/mol. The number of fused-ring (bicyclic) bond motifs is 1. The number of halogens is 1. The van der Waals surface area contributed by atoms with Crippen molar-refractivity contribution in [1.29, 1.82) is 0 Å². The van der Waals surface area contributed by atoms with E-state index in [4.69, 9.17) is 16.6 Å². The fourth-order valence-corrected chi connectivity index (χ4v) is 5.42. The van der Waals surface area contributed by atoms with Crippen molar-refractivity contribution in [1.82, 2.24) is 9.88 Å². The summed E-state index contributed by atoms with van der Waals surface area (Å²) in [4.78, 5) is 22.6. The summed E-state index contributed by atoms with van der Waals surface area (Å²) >= 11 is 7.95. The number of benzene rings is 3. The number of nitrogens with zero attached hydrogens (tertiary/aromatic N) is 3. The molecule has 31 heavy (non-hydrogen) atoms. The molecule has 3 aromatic carbocycles. The zero-order valence-electron chi connectivity index (χ0n) is 16.9. The summed E-state index contributed by atoms with van der Waals surface area (Å²) in [6.07, 6.45) is 0. The predicted octanol–water partition coefficient (Wildman–Crippen LogP) is 5.43. The number of para-hydroxylation sites is 1. The lowest BCUT2D eigenvalue weighted by atomic mass is 9.90. The Morgan fingerprint density at radius 1 is 0.839 bits per heavy atom. The molecule has 2 heterocycles. The van der Waals surface area contributed by atoms with E-state index < -0.39 is 0 Å². The lowest BCUT2D eigenvalue weighted by Crippen LogP contribution is -2.50. The van der Waals surface area contributed by atoms with Gasteiger partial charge >= 0.3 is 0 Å². The number of rotatable bonds is 4. The van der Waals surface area contributed by atoms with Crippen LogP contribution in [0.4, 0.5) is 5.13 Å². The number of thiazole rings is 1. The van der Waals surface area contributed by atoms with Crippen molar-refractivity contribution in [3.63, 3.8) is 0 Å². The van der Waals surface area contributed by atoms with Crippen LogP contribution in [0.2, 0.25) is 5.02 Å². The summed E-state index contributed by atoms with van der Waals surface area (Å²) in [6, 6.07) is 26.0. The van der Waals surface area contributed by atoms with Gasteiger partial charge in [0.1, 0.15) is 5.52 Å². The zero-order chi connectivity index (χ0) is 21.2. The molecule has 4 aromatic rings. The standard InChI is InChI=1S/C25H22ClN3OS/c26-20-12-7-13-21-23(20)27-25(31-21)29-16-14-28(15-17-29)24(30)22(18-8-3-1-4-9-18)19-10-5-2-6-11-19/h1-13,22H,14-17H2. The minimum absolute atomic E-state index is 0.157. The quantitative estimate of drug-likeness (QED) is 0.418. The van der Waals surface area contributed by atoms with Crippen molar-refractivity contribution in [2.75, 3.05) is 31.1 Å². The maximum absolute atomic E-state index is 13.6. The Labute approximate surface area is 190 Å². The maximum atomic E-state index is 13.6. The first-order valence-electron chi connectivity index (χ1n) is 10.4. The van der Waals surface area contributed by atoms with E-state index in [9.17, 15) is 4.79 Å². The van der Waals surface area contributed by atoms with Gasteiger partial charge in [-0.3, -0.25) is 4.79 Å². The summed E-state index contributed by atoms with van der Waals surface area (Å²) in [5.74, 6) is -0.125. The van der Waals surface area contributed by atoms with E-state index >= 15 is 0 Å². The van der Waals surface area contributed by atoms with Gasteiger partial charge in [0.25, 0.3) is 0 Å². The molecular weight excluding hydrogens is 426 g/mol. The van der Waals surface area contributed by atoms with Gasteiger partial charge in [-0.1, -0.05) is 89.7 Å². The molecule has 0 saturated carbocycles. The molecule has 1 aliphatic heterocycles. The molecule has 0 atom stereocenters. The van der Waals surface area contributed by atoms with Gasteiger partial charge in [0.05, 0.1) is 15.6 Å². The fourth-order valence-electron chi connectivity index (χ4n) is 4.11. The molecule has 0 bridgehead atoms. The molecule has 1 aliphatic rings. The molecule has 4 nitrogen and oxygen atoms in total. The Balaban J connectivity index is 1.35. The van der Waals surface area contributed by atoms with Gasteiger partial charge in [-0.25, -0.2) is 4.98 Å². The summed E-state index contributed by atoms with van der Waals surface area (Å²) < 4.78 is 1.09. The molecular formula is C25H22ClN3OS. The van der Waals surface area contributed by atoms with Gasteiger partial charge in [0.15, 0.2) is 5.13 Å². The monoisotopic (exact) mass is 447 g/mol. The normalized spacial score (nSPS) is 14.4. The highest BCUT2D eigenvalue weighted by molar-refractivity contribution is 7.22. The summed E-state index contributed by atoms with van der Waals surface area (Å²) in [6.45, 7) is 2.89. The van der Waals surface area contributed by atoms with Crippen molar-refractivity contribution >= 4 is 44.2 Å². The molecule has 6 heteroatoms. The van der Waals surface area contributed by atoms with Crippen LogP contribution in [-0.4, -0.2) is 42.0 Å². The second-order valence-corrected chi connectivity index (χ2v) is 9.07. The number of aromatic nitrogens is 1. The molecule has 0 aliphatic carbocycles. The third kappa shape index (κ3) is 4.03. The maximum Gasteiger partial charge on any atom is 0.234 e. The van der Waals surface area contributed by atoms with Gasteiger partial charge in [0.2, 0.25) is 5.91 Å². The number of amides is 1. The summed E-state index contributed by atoms with van der Waals surface area (Å²) in [7, 11) is 0. The molecule has 156 valence electrons. The summed E-state index contributed by atoms with van der Waals surface area (Å²) in [5, 5.41) is 1.65. The van der Waals surface area contributed by atoms with E-state index in [0.717, 1.165) is 39.6 Å².